The standard InChI is InChI=1S/C40H41N5O5/c1-29-37(34-24-33(49-26-31-16-8-4-9-17-31)21-22-36(34)45(29)25-30-14-6-3-7-15-30)38(46)43-35(39(47)44(2)28-41)20-12-13-23-42-40(48)50-27-32-18-10-5-11-19-32/h3-11,14-19,21-22,24,35H,12-13,20,23,25-27H2,1-2H3,(H,42,48)(H,43,46). The number of alkyl carbamates (subject to hydrolysis) is 1. The van der Waals surface area contributed by atoms with E-state index in [4.69, 9.17) is 9.47 Å². The molecule has 0 bridgehead atoms. The van der Waals surface area contributed by atoms with E-state index in [2.05, 4.69) is 15.2 Å². The van der Waals surface area contributed by atoms with Crippen LogP contribution in [-0.4, -0.2) is 47.0 Å². The summed E-state index contributed by atoms with van der Waals surface area (Å²) in [5.41, 5.74) is 5.00. The molecule has 0 aliphatic heterocycles. The van der Waals surface area contributed by atoms with Gasteiger partial charge in [-0.3, -0.25) is 14.5 Å². The van der Waals surface area contributed by atoms with Gasteiger partial charge in [0.1, 0.15) is 25.0 Å². The Bertz CT molecular complexity index is 1940. The molecule has 0 saturated heterocycles. The van der Waals surface area contributed by atoms with Crippen LogP contribution in [0.1, 0.15) is 52.0 Å². The molecule has 0 radical (unpaired) electrons. The van der Waals surface area contributed by atoms with Gasteiger partial charge in [-0.1, -0.05) is 91.0 Å². The summed E-state index contributed by atoms with van der Waals surface area (Å²) in [6.45, 7) is 3.30. The van der Waals surface area contributed by atoms with Crippen LogP contribution in [0.25, 0.3) is 10.9 Å². The number of aromatic nitrogens is 1. The maximum Gasteiger partial charge on any atom is 0.407 e. The predicted molar refractivity (Wildman–Crippen MR) is 191 cm³/mol. The molecule has 2 N–H and O–H groups in total. The summed E-state index contributed by atoms with van der Waals surface area (Å²) in [4.78, 5) is 40.5. The number of carbonyl (C=O) groups excluding carboxylic acids is 3. The van der Waals surface area contributed by atoms with Crippen LogP contribution in [0.2, 0.25) is 0 Å². The normalized spacial score (nSPS) is 11.3. The monoisotopic (exact) mass is 671 g/mol. The van der Waals surface area contributed by atoms with E-state index >= 15 is 0 Å². The minimum Gasteiger partial charge on any atom is -0.489 e. The van der Waals surface area contributed by atoms with Gasteiger partial charge in [0.25, 0.3) is 11.8 Å². The highest BCUT2D eigenvalue weighted by atomic mass is 16.5. The molecule has 5 rings (SSSR count). The minimum atomic E-state index is -0.957. The zero-order valence-electron chi connectivity index (χ0n) is 28.3. The number of ether oxygens (including phenoxy) is 2. The van der Waals surface area contributed by atoms with Gasteiger partial charge in [0.05, 0.1) is 5.56 Å². The molecular formula is C40H41N5O5. The predicted octanol–water partition coefficient (Wildman–Crippen LogP) is 6.71. The first-order chi connectivity index (χ1) is 24.3. The van der Waals surface area contributed by atoms with E-state index < -0.39 is 23.9 Å². The largest absolute Gasteiger partial charge is 0.489 e. The Morgan fingerprint density at radius 3 is 2.10 bits per heavy atom. The third kappa shape index (κ3) is 9.29. The van der Waals surface area contributed by atoms with E-state index in [9.17, 15) is 19.6 Å². The fraction of sp³-hybridized carbons (Fsp3) is 0.250. The van der Waals surface area contributed by atoms with Crippen molar-refractivity contribution in [3.8, 4) is 11.9 Å². The molecule has 1 aromatic heterocycles. The summed E-state index contributed by atoms with van der Waals surface area (Å²) in [6, 6.07) is 34.0. The number of hydrogen-bond acceptors (Lipinski definition) is 6. The number of rotatable bonds is 15. The van der Waals surface area contributed by atoms with Crippen molar-refractivity contribution in [3.63, 3.8) is 0 Å². The molecule has 0 aliphatic carbocycles. The number of amides is 3. The number of nitrogens with zero attached hydrogens (tertiary/aromatic N) is 3. The van der Waals surface area contributed by atoms with Crippen molar-refractivity contribution >= 4 is 28.8 Å². The van der Waals surface area contributed by atoms with Gasteiger partial charge < -0.3 is 24.7 Å². The molecule has 3 amide bonds. The molecule has 4 aromatic carbocycles. The molecular weight excluding hydrogens is 630 g/mol. The number of unbranched alkanes of at least 4 members (excludes halogenated alkanes) is 1. The molecule has 5 aromatic rings. The Balaban J connectivity index is 1.31. The highest BCUT2D eigenvalue weighted by molar-refractivity contribution is 6.10. The van der Waals surface area contributed by atoms with Gasteiger partial charge in [0, 0.05) is 36.7 Å². The second-order valence-corrected chi connectivity index (χ2v) is 12.0. The molecule has 0 saturated carbocycles. The number of hydrogen-bond donors (Lipinski definition) is 2. The van der Waals surface area contributed by atoms with Crippen molar-refractivity contribution in [3.05, 3.63) is 137 Å². The van der Waals surface area contributed by atoms with Gasteiger partial charge in [0.15, 0.2) is 6.19 Å². The lowest BCUT2D eigenvalue weighted by atomic mass is 10.1. The Morgan fingerprint density at radius 2 is 1.46 bits per heavy atom. The highest BCUT2D eigenvalue weighted by Gasteiger charge is 2.28. The summed E-state index contributed by atoms with van der Waals surface area (Å²) < 4.78 is 13.5. The smallest absolute Gasteiger partial charge is 0.407 e. The highest BCUT2D eigenvalue weighted by Crippen LogP contribution is 2.31. The second-order valence-electron chi connectivity index (χ2n) is 12.0. The van der Waals surface area contributed by atoms with Crippen molar-refractivity contribution < 1.29 is 23.9 Å². The molecule has 0 fully saturated rings. The third-order valence-electron chi connectivity index (χ3n) is 8.44. The molecule has 1 atom stereocenters. The fourth-order valence-corrected chi connectivity index (χ4v) is 5.76. The van der Waals surface area contributed by atoms with Gasteiger partial charge in [-0.25, -0.2) is 4.79 Å². The van der Waals surface area contributed by atoms with Crippen LogP contribution in [0.15, 0.2) is 109 Å². The average molecular weight is 672 g/mol. The lowest BCUT2D eigenvalue weighted by Gasteiger charge is -2.20. The fourth-order valence-electron chi connectivity index (χ4n) is 5.76. The van der Waals surface area contributed by atoms with E-state index in [0.29, 0.717) is 49.2 Å². The number of nitrogens with one attached hydrogen (secondary N) is 2. The number of fused-ring (bicyclic) bond motifs is 1. The molecule has 0 aliphatic rings. The lowest BCUT2D eigenvalue weighted by molar-refractivity contribution is -0.129. The van der Waals surface area contributed by atoms with Crippen LogP contribution in [-0.2, 0) is 29.3 Å². The number of likely N-dealkylation sites (N-methyl/N-ethyl adjacent to an activating group) is 1. The van der Waals surface area contributed by atoms with Gasteiger partial charge in [-0.05, 0) is 61.1 Å². The van der Waals surface area contributed by atoms with Gasteiger partial charge >= 0.3 is 6.09 Å². The van der Waals surface area contributed by atoms with Gasteiger partial charge in [-0.15, -0.1) is 0 Å². The summed E-state index contributed by atoms with van der Waals surface area (Å²) in [6.07, 6.45) is 2.62. The van der Waals surface area contributed by atoms with Crippen LogP contribution < -0.4 is 15.4 Å². The van der Waals surface area contributed by atoms with Crippen molar-refractivity contribution in [2.75, 3.05) is 13.6 Å². The van der Waals surface area contributed by atoms with Crippen molar-refractivity contribution in [2.45, 2.75) is 52.0 Å². The maximum atomic E-state index is 14.1. The van der Waals surface area contributed by atoms with E-state index in [1.807, 2.05) is 122 Å². The lowest BCUT2D eigenvalue weighted by Crippen LogP contribution is -2.46. The first kappa shape index (κ1) is 35.2. The topological polar surface area (TPSA) is 126 Å². The first-order valence-corrected chi connectivity index (χ1v) is 16.6. The SMILES string of the molecule is Cc1c(C(=O)NC(CCCCNC(=O)OCc2ccccc2)C(=O)N(C)C#N)c2cc(OCc3ccccc3)ccc2n1Cc1ccccc1. The molecule has 0 spiro atoms. The number of nitriles is 1. The first-order valence-electron chi connectivity index (χ1n) is 16.6. The van der Waals surface area contributed by atoms with Crippen LogP contribution in [0, 0.1) is 18.4 Å². The summed E-state index contributed by atoms with van der Waals surface area (Å²) in [5, 5.41) is 15.8. The van der Waals surface area contributed by atoms with Crippen molar-refractivity contribution in [1.29, 1.82) is 5.26 Å². The Kier molecular flexibility index (Phi) is 12.2. The Hall–Kier alpha value is -6.08. The molecule has 1 heterocycles. The quantitative estimate of drug-likeness (QED) is 0.0724. The number of carbonyl (C=O) groups is 3. The van der Waals surface area contributed by atoms with Gasteiger partial charge in [0.2, 0.25) is 0 Å². The minimum absolute atomic E-state index is 0.164. The van der Waals surface area contributed by atoms with Crippen LogP contribution in [0.5, 0.6) is 5.75 Å². The second kappa shape index (κ2) is 17.4. The Labute approximate surface area is 292 Å². The number of benzene rings is 4. The van der Waals surface area contributed by atoms with Crippen molar-refractivity contribution in [2.24, 2.45) is 0 Å². The summed E-state index contributed by atoms with van der Waals surface area (Å²) in [7, 11) is 1.37. The summed E-state index contributed by atoms with van der Waals surface area (Å²) in [5.74, 6) is -0.334. The van der Waals surface area contributed by atoms with E-state index in [1.165, 1.54) is 7.05 Å². The molecule has 10 nitrogen and oxygen atoms in total. The third-order valence-corrected chi connectivity index (χ3v) is 8.44. The molecule has 10 heteroatoms. The Morgan fingerprint density at radius 1 is 0.840 bits per heavy atom. The van der Waals surface area contributed by atoms with E-state index in [1.54, 1.807) is 0 Å². The van der Waals surface area contributed by atoms with E-state index in [-0.39, 0.29) is 13.0 Å². The average Bonchev–Trinajstić information content (AvgIpc) is 3.42. The van der Waals surface area contributed by atoms with Crippen molar-refractivity contribution in [1.82, 2.24) is 20.1 Å². The molecule has 1 unspecified atom stereocenters. The van der Waals surface area contributed by atoms with Crippen LogP contribution in [0.4, 0.5) is 4.79 Å². The molecule has 50 heavy (non-hydrogen) atoms. The zero-order valence-corrected chi connectivity index (χ0v) is 28.3. The van der Waals surface area contributed by atoms with E-state index in [0.717, 1.165) is 32.8 Å². The maximum absolute atomic E-state index is 14.1. The molecule has 256 valence electrons. The van der Waals surface area contributed by atoms with Crippen LogP contribution >= 0.6 is 0 Å². The zero-order chi connectivity index (χ0) is 35.3. The van der Waals surface area contributed by atoms with Gasteiger partial charge in [-0.2, -0.15) is 5.26 Å². The summed E-state index contributed by atoms with van der Waals surface area (Å²) >= 11 is 0. The van der Waals surface area contributed by atoms with Crippen LogP contribution in [0.3, 0.4) is 0 Å².